The van der Waals surface area contributed by atoms with Crippen LogP contribution in [0.15, 0.2) is 60.7 Å². The van der Waals surface area contributed by atoms with Gasteiger partial charge in [-0.2, -0.15) is 0 Å². The van der Waals surface area contributed by atoms with Crippen LogP contribution in [0.1, 0.15) is 94.7 Å². The molecule has 34 heavy (non-hydrogen) atoms. The van der Waals surface area contributed by atoms with Gasteiger partial charge in [-0.05, 0) is 0 Å². The number of allylic oxidation sites excluding steroid dienone is 4. The van der Waals surface area contributed by atoms with Gasteiger partial charge in [0.05, 0.1) is 0 Å². The SMILES string of the molecule is C[C](C)=[Zr+2]([CH]1C=C(C2CCCC2)c2ccccc21)[CH]1C=C(C2CCCC2)c2ccccc21.[Cl-].[Cl-]. The Labute approximate surface area is 226 Å². The molecule has 2 atom stereocenters. The topological polar surface area (TPSA) is 0 Å². The quantitative estimate of drug-likeness (QED) is 0.530. The Morgan fingerprint density at radius 1 is 0.618 bits per heavy atom. The molecule has 178 valence electrons. The Bertz CT molecular complexity index is 1040. The Morgan fingerprint density at radius 3 is 1.38 bits per heavy atom. The number of halogens is 2. The monoisotopic (exact) mass is 568 g/mol. The summed E-state index contributed by atoms with van der Waals surface area (Å²) in [6.07, 6.45) is 16.9. The average Bonchev–Trinajstić information content (AvgIpc) is 3.60. The Kier molecular flexibility index (Phi) is 8.60. The van der Waals surface area contributed by atoms with Crippen molar-refractivity contribution in [1.29, 1.82) is 0 Å². The van der Waals surface area contributed by atoms with Gasteiger partial charge in [-0.1, -0.05) is 0 Å². The first-order valence-electron chi connectivity index (χ1n) is 13.0. The number of hydrogen-bond donors (Lipinski definition) is 0. The zero-order valence-corrected chi connectivity index (χ0v) is 24.5. The second-order valence-electron chi connectivity index (χ2n) is 10.8. The van der Waals surface area contributed by atoms with Gasteiger partial charge in [-0.3, -0.25) is 0 Å². The third kappa shape index (κ3) is 4.55. The van der Waals surface area contributed by atoms with E-state index in [0.717, 1.165) is 11.8 Å². The predicted octanol–water partition coefficient (Wildman–Crippen LogP) is 2.48. The third-order valence-corrected chi connectivity index (χ3v) is 17.2. The third-order valence-electron chi connectivity index (χ3n) is 8.74. The average molecular weight is 571 g/mol. The fraction of sp³-hybridized carbons (Fsp3) is 0.452. The second-order valence-corrected chi connectivity index (χ2v) is 18.5. The maximum atomic E-state index is 2.80. The van der Waals surface area contributed by atoms with Gasteiger partial charge in [0, 0.05) is 0 Å². The largest absolute Gasteiger partial charge is 1.00 e. The molecule has 0 aromatic heterocycles. The fourth-order valence-electron chi connectivity index (χ4n) is 7.30. The summed E-state index contributed by atoms with van der Waals surface area (Å²) < 4.78 is 3.18. The van der Waals surface area contributed by atoms with Crippen molar-refractivity contribution in [3.8, 4) is 0 Å². The Morgan fingerprint density at radius 2 is 1.00 bits per heavy atom. The van der Waals surface area contributed by atoms with Gasteiger partial charge >= 0.3 is 203 Å². The van der Waals surface area contributed by atoms with Crippen molar-refractivity contribution in [1.82, 2.24) is 0 Å². The van der Waals surface area contributed by atoms with E-state index in [-0.39, 0.29) is 24.8 Å². The molecule has 6 rings (SSSR count). The summed E-state index contributed by atoms with van der Waals surface area (Å²) >= 11 is -2.04. The molecule has 4 aliphatic carbocycles. The molecule has 2 aromatic rings. The first kappa shape index (κ1) is 26.3. The molecule has 2 fully saturated rings. The summed E-state index contributed by atoms with van der Waals surface area (Å²) in [5, 5.41) is 0. The molecule has 2 aromatic carbocycles. The van der Waals surface area contributed by atoms with Crippen LogP contribution in [0.4, 0.5) is 0 Å². The van der Waals surface area contributed by atoms with Gasteiger partial charge in [0.15, 0.2) is 0 Å². The van der Waals surface area contributed by atoms with E-state index in [1.807, 2.05) is 0 Å². The van der Waals surface area contributed by atoms with Gasteiger partial charge in [0.25, 0.3) is 0 Å². The number of hydrogen-bond acceptors (Lipinski definition) is 0. The van der Waals surface area contributed by atoms with E-state index in [1.165, 1.54) is 51.4 Å². The number of fused-ring (bicyclic) bond motifs is 2. The fourth-order valence-corrected chi connectivity index (χ4v) is 16.0. The minimum absolute atomic E-state index is 0. The van der Waals surface area contributed by atoms with Gasteiger partial charge < -0.3 is 24.8 Å². The number of rotatable bonds is 4. The summed E-state index contributed by atoms with van der Waals surface area (Å²) in [4.78, 5) is 0. The molecule has 0 heterocycles. The van der Waals surface area contributed by atoms with Crippen LogP contribution in [0.2, 0.25) is 0 Å². The van der Waals surface area contributed by atoms with Crippen molar-refractivity contribution in [2.75, 3.05) is 0 Å². The molecular formula is C31H36Cl2Zr. The van der Waals surface area contributed by atoms with E-state index >= 15 is 0 Å². The van der Waals surface area contributed by atoms with E-state index in [1.54, 1.807) is 36.6 Å². The summed E-state index contributed by atoms with van der Waals surface area (Å²) in [7, 11) is 0. The summed E-state index contributed by atoms with van der Waals surface area (Å²) in [5.41, 5.74) is 9.99. The van der Waals surface area contributed by atoms with Gasteiger partial charge in [-0.15, -0.1) is 0 Å². The van der Waals surface area contributed by atoms with E-state index < -0.39 is 21.3 Å². The first-order chi connectivity index (χ1) is 15.7. The maximum Gasteiger partial charge on any atom is -1.00 e. The molecule has 0 radical (unpaired) electrons. The van der Waals surface area contributed by atoms with Crippen LogP contribution in [0.3, 0.4) is 0 Å². The maximum absolute atomic E-state index is 2.80. The van der Waals surface area contributed by atoms with Crippen molar-refractivity contribution in [3.63, 3.8) is 0 Å². The summed E-state index contributed by atoms with van der Waals surface area (Å²) in [5.74, 6) is 1.62. The van der Waals surface area contributed by atoms with Gasteiger partial charge in [0.2, 0.25) is 0 Å². The van der Waals surface area contributed by atoms with Crippen LogP contribution in [0, 0.1) is 11.8 Å². The van der Waals surface area contributed by atoms with Crippen LogP contribution in [-0.4, -0.2) is 3.21 Å². The van der Waals surface area contributed by atoms with Crippen LogP contribution < -0.4 is 24.8 Å². The van der Waals surface area contributed by atoms with Crippen molar-refractivity contribution < 1.29 is 46.1 Å². The molecule has 0 spiro atoms. The Balaban J connectivity index is 0.00000137. The van der Waals surface area contributed by atoms with Crippen LogP contribution in [0.25, 0.3) is 11.1 Å². The summed E-state index contributed by atoms with van der Waals surface area (Å²) in [6, 6.07) is 19.0. The van der Waals surface area contributed by atoms with Crippen LogP contribution >= 0.6 is 0 Å². The molecule has 0 saturated heterocycles. The molecule has 4 aliphatic rings. The van der Waals surface area contributed by atoms with Crippen molar-refractivity contribution in [3.05, 3.63) is 82.9 Å². The van der Waals surface area contributed by atoms with E-state index in [9.17, 15) is 0 Å². The minimum atomic E-state index is -2.04. The van der Waals surface area contributed by atoms with Crippen LogP contribution in [0.5, 0.6) is 0 Å². The van der Waals surface area contributed by atoms with Crippen molar-refractivity contribution in [2.45, 2.75) is 72.5 Å². The van der Waals surface area contributed by atoms with E-state index in [0.29, 0.717) is 7.25 Å². The van der Waals surface area contributed by atoms with E-state index in [2.05, 4.69) is 74.5 Å². The van der Waals surface area contributed by atoms with Gasteiger partial charge in [-0.25, -0.2) is 0 Å². The summed E-state index contributed by atoms with van der Waals surface area (Å²) in [6.45, 7) is 4.95. The molecule has 0 aliphatic heterocycles. The Hall–Kier alpha value is -0.747. The smallest absolute Gasteiger partial charge is 1.00 e. The standard InChI is InChI=1S/2C14H15.C3H6.2ClH.Zr/c2*1-2-6-11(5-1)14-10-9-12-7-3-4-8-13(12)14;1-3-2;;;/h2*3-4,7-11H,1-2,5-6H2;1-2H3;2*1H;/q;;;;;+2/p-2. The second kappa shape index (κ2) is 11.1. The number of benzene rings is 2. The minimum Gasteiger partial charge on any atom is -1.00 e. The molecule has 0 bridgehead atoms. The first-order valence-corrected chi connectivity index (χ1v) is 17.1. The van der Waals surface area contributed by atoms with Crippen molar-refractivity contribution >= 4 is 14.4 Å². The zero-order chi connectivity index (χ0) is 21.7. The molecule has 2 saturated carbocycles. The normalized spacial score (nSPS) is 23.2. The molecule has 0 amide bonds. The zero-order valence-electron chi connectivity index (χ0n) is 20.5. The van der Waals surface area contributed by atoms with Crippen molar-refractivity contribution in [2.24, 2.45) is 11.8 Å². The predicted molar refractivity (Wildman–Crippen MR) is 135 cm³/mol. The van der Waals surface area contributed by atoms with Gasteiger partial charge in [0.1, 0.15) is 0 Å². The van der Waals surface area contributed by atoms with E-state index in [4.69, 9.17) is 0 Å². The molecule has 0 nitrogen and oxygen atoms in total. The molecule has 3 heteroatoms. The molecular weight excluding hydrogens is 534 g/mol. The van der Waals surface area contributed by atoms with Crippen LogP contribution in [-0.2, 0) is 21.3 Å². The molecule has 0 N–H and O–H groups in total. The molecule has 2 unspecified atom stereocenters.